The van der Waals surface area contributed by atoms with Gasteiger partial charge in [0.1, 0.15) is 12.2 Å². The smallest absolute Gasteiger partial charge is 0.142 e. The molecule has 0 amide bonds. The van der Waals surface area contributed by atoms with Crippen molar-refractivity contribution < 1.29 is 9.59 Å². The summed E-state index contributed by atoms with van der Waals surface area (Å²) in [6.45, 7) is 0. The second-order valence-corrected chi connectivity index (χ2v) is 1.46. The number of aldehydes is 1. The fourth-order valence-electron chi connectivity index (χ4n) is 0.390. The highest BCUT2D eigenvalue weighted by Crippen LogP contribution is 1.88. The highest BCUT2D eigenvalue weighted by molar-refractivity contribution is 5.64. The Bertz CT molecular complexity index is 141. The van der Waals surface area contributed by atoms with Crippen LogP contribution in [0.5, 0.6) is 0 Å². The molecule has 0 heterocycles. The van der Waals surface area contributed by atoms with Gasteiger partial charge < -0.3 is 0 Å². The van der Waals surface area contributed by atoms with Gasteiger partial charge in [0, 0.05) is 6.08 Å². The second kappa shape index (κ2) is 6.86. The molecule has 0 aliphatic heterocycles. The van der Waals surface area contributed by atoms with E-state index in [1.165, 1.54) is 12.2 Å². The molecule has 0 spiro atoms. The van der Waals surface area contributed by atoms with Gasteiger partial charge in [-0.1, -0.05) is 6.08 Å². The van der Waals surface area contributed by atoms with Gasteiger partial charge in [-0.2, -0.15) is 0 Å². The summed E-state index contributed by atoms with van der Waals surface area (Å²) in [5, 5.41) is 0. The summed E-state index contributed by atoms with van der Waals surface area (Å²) in [5.74, 6) is 1.65. The minimum atomic E-state index is 0.661. The van der Waals surface area contributed by atoms with Crippen molar-refractivity contribution in [2.45, 2.75) is 12.8 Å². The predicted octanol–water partition coefficient (Wildman–Crippen LogP) is 0.909. The van der Waals surface area contributed by atoms with Crippen LogP contribution >= 0.6 is 0 Å². The normalized spacial score (nSPS) is 8.89. The van der Waals surface area contributed by atoms with Crippen LogP contribution in [0.4, 0.5) is 0 Å². The van der Waals surface area contributed by atoms with Gasteiger partial charge in [-0.3, -0.25) is 4.79 Å². The Hall–Kier alpha value is -1.14. The third-order valence-corrected chi connectivity index (χ3v) is 0.776. The van der Waals surface area contributed by atoms with Crippen LogP contribution in [0.1, 0.15) is 12.8 Å². The van der Waals surface area contributed by atoms with Gasteiger partial charge in [-0.25, -0.2) is 4.79 Å². The van der Waals surface area contributed by atoms with Crippen LogP contribution in [0.3, 0.4) is 0 Å². The summed E-state index contributed by atoms with van der Waals surface area (Å²) < 4.78 is 0. The van der Waals surface area contributed by atoms with E-state index in [2.05, 4.69) is 0 Å². The molecule has 0 aromatic rings. The fraction of sp³-hybridized carbons (Fsp3) is 0.286. The Morgan fingerprint density at radius 3 is 2.67 bits per heavy atom. The lowest BCUT2D eigenvalue weighted by Gasteiger charge is -1.77. The molecule has 2 heteroatoms. The molecule has 48 valence electrons. The summed E-state index contributed by atoms with van der Waals surface area (Å²) >= 11 is 0. The lowest BCUT2D eigenvalue weighted by molar-refractivity contribution is -0.104. The van der Waals surface area contributed by atoms with Crippen LogP contribution < -0.4 is 0 Å². The van der Waals surface area contributed by atoms with Crippen LogP contribution in [0, 0.1) is 0 Å². The molecular weight excluding hydrogens is 116 g/mol. The van der Waals surface area contributed by atoms with E-state index in [0.717, 1.165) is 6.42 Å². The van der Waals surface area contributed by atoms with Gasteiger partial charge in [0.05, 0.1) is 0 Å². The van der Waals surface area contributed by atoms with Crippen LogP contribution in [-0.2, 0) is 9.59 Å². The number of hydrogen-bond acceptors (Lipinski definition) is 2. The Labute approximate surface area is 53.9 Å². The maximum Gasteiger partial charge on any atom is 0.142 e. The monoisotopic (exact) mass is 124 g/mol. The average Bonchev–Trinajstić information content (AvgIpc) is 1.89. The molecule has 0 unspecified atom stereocenters. The Morgan fingerprint density at radius 2 is 2.11 bits per heavy atom. The minimum absolute atomic E-state index is 0.661. The zero-order valence-corrected chi connectivity index (χ0v) is 5.04. The summed E-state index contributed by atoms with van der Waals surface area (Å²) in [6.07, 6.45) is 6.63. The molecule has 0 fully saturated rings. The highest BCUT2D eigenvalue weighted by Gasteiger charge is 1.73. The Kier molecular flexibility index (Phi) is 5.99. The van der Waals surface area contributed by atoms with Crippen molar-refractivity contribution in [3.8, 4) is 0 Å². The molecule has 0 aromatic carbocycles. The quantitative estimate of drug-likeness (QED) is 0.241. The topological polar surface area (TPSA) is 34.1 Å². The molecule has 0 radical (unpaired) electrons. The molecule has 0 aliphatic rings. The number of allylic oxidation sites excluding steroid dienone is 3. The first-order valence-corrected chi connectivity index (χ1v) is 2.71. The summed E-state index contributed by atoms with van der Waals surface area (Å²) in [4.78, 5) is 19.2. The lowest BCUT2D eigenvalue weighted by atomic mass is 10.3. The van der Waals surface area contributed by atoms with E-state index in [1.807, 2.05) is 0 Å². The number of unbranched alkanes of at least 4 members (excludes halogenated alkanes) is 1. The van der Waals surface area contributed by atoms with Crippen LogP contribution in [0.15, 0.2) is 18.2 Å². The van der Waals surface area contributed by atoms with Crippen molar-refractivity contribution in [3.63, 3.8) is 0 Å². The van der Waals surface area contributed by atoms with E-state index >= 15 is 0 Å². The largest absolute Gasteiger partial charge is 0.299 e. The molecule has 0 saturated carbocycles. The molecule has 0 aliphatic carbocycles. The maximum absolute atomic E-state index is 9.66. The van der Waals surface area contributed by atoms with E-state index in [1.54, 1.807) is 12.0 Å². The van der Waals surface area contributed by atoms with Crippen molar-refractivity contribution in [1.82, 2.24) is 0 Å². The van der Waals surface area contributed by atoms with Crippen LogP contribution in [0.25, 0.3) is 0 Å². The van der Waals surface area contributed by atoms with E-state index in [4.69, 9.17) is 0 Å². The molecule has 2 nitrogen and oxygen atoms in total. The van der Waals surface area contributed by atoms with E-state index in [-0.39, 0.29) is 0 Å². The number of carbonyl (C=O) groups is 1. The van der Waals surface area contributed by atoms with E-state index in [9.17, 15) is 9.59 Å². The van der Waals surface area contributed by atoms with Crippen molar-refractivity contribution >= 4 is 12.2 Å². The SMILES string of the molecule is O=C=CCC/C=C/C=O. The Balaban J connectivity index is 3.18. The van der Waals surface area contributed by atoms with Gasteiger partial charge in [0.2, 0.25) is 0 Å². The van der Waals surface area contributed by atoms with Gasteiger partial charge >= 0.3 is 0 Å². The van der Waals surface area contributed by atoms with Gasteiger partial charge in [-0.05, 0) is 18.9 Å². The van der Waals surface area contributed by atoms with Crippen LogP contribution in [0.2, 0.25) is 0 Å². The van der Waals surface area contributed by atoms with Gasteiger partial charge in [0.15, 0.2) is 0 Å². The van der Waals surface area contributed by atoms with E-state index < -0.39 is 0 Å². The van der Waals surface area contributed by atoms with Crippen molar-refractivity contribution in [1.29, 1.82) is 0 Å². The molecular formula is C7H8O2. The van der Waals surface area contributed by atoms with Crippen molar-refractivity contribution in [2.24, 2.45) is 0 Å². The van der Waals surface area contributed by atoms with Gasteiger partial charge in [0.25, 0.3) is 0 Å². The average molecular weight is 124 g/mol. The summed E-state index contributed by atoms with van der Waals surface area (Å²) in [7, 11) is 0. The first-order valence-electron chi connectivity index (χ1n) is 2.71. The molecule has 0 saturated heterocycles. The lowest BCUT2D eigenvalue weighted by Crippen LogP contribution is -1.65. The molecule has 0 rings (SSSR count). The minimum Gasteiger partial charge on any atom is -0.299 e. The zero-order valence-electron chi connectivity index (χ0n) is 5.04. The number of carbonyl (C=O) groups excluding carboxylic acids is 2. The zero-order chi connectivity index (χ0) is 6.95. The standard InChI is InChI=1S/C7H8O2/c8-6-4-2-1-3-5-7-9/h2,4-6H,1,3H2/b4-2+. The molecule has 0 atom stereocenters. The second-order valence-electron chi connectivity index (χ2n) is 1.46. The van der Waals surface area contributed by atoms with Crippen molar-refractivity contribution in [2.75, 3.05) is 0 Å². The van der Waals surface area contributed by atoms with E-state index in [0.29, 0.717) is 12.7 Å². The maximum atomic E-state index is 9.66. The Morgan fingerprint density at radius 1 is 1.33 bits per heavy atom. The van der Waals surface area contributed by atoms with Crippen molar-refractivity contribution in [3.05, 3.63) is 18.2 Å². The van der Waals surface area contributed by atoms with Crippen LogP contribution in [-0.4, -0.2) is 12.2 Å². The summed E-state index contributed by atoms with van der Waals surface area (Å²) in [6, 6.07) is 0. The molecule has 0 aromatic heterocycles. The number of rotatable bonds is 4. The fourth-order valence-corrected chi connectivity index (χ4v) is 0.390. The molecule has 0 N–H and O–H groups in total. The third-order valence-electron chi connectivity index (χ3n) is 0.776. The number of hydrogen-bond donors (Lipinski definition) is 0. The molecule has 0 bridgehead atoms. The predicted molar refractivity (Wildman–Crippen MR) is 34.7 cm³/mol. The third kappa shape index (κ3) is 6.86. The summed E-state index contributed by atoms with van der Waals surface area (Å²) in [5.41, 5.74) is 0. The molecule has 9 heavy (non-hydrogen) atoms. The first kappa shape index (κ1) is 7.86. The highest BCUT2D eigenvalue weighted by atomic mass is 16.1. The first-order chi connectivity index (χ1) is 4.41. The van der Waals surface area contributed by atoms with Gasteiger partial charge in [-0.15, -0.1) is 0 Å².